The number of carbonyl (C=O) groups is 1. The second kappa shape index (κ2) is 9.12. The highest BCUT2D eigenvalue weighted by atomic mass is 19.1. The number of carbonyl (C=O) groups excluding carboxylic acids is 1. The van der Waals surface area contributed by atoms with Gasteiger partial charge in [0, 0.05) is 43.1 Å². The van der Waals surface area contributed by atoms with Crippen molar-refractivity contribution in [2.24, 2.45) is 0 Å². The summed E-state index contributed by atoms with van der Waals surface area (Å²) < 4.78 is 28.8. The van der Waals surface area contributed by atoms with E-state index in [9.17, 15) is 14.3 Å². The molecule has 0 spiro atoms. The number of anilines is 1. The lowest BCUT2D eigenvalue weighted by molar-refractivity contribution is 0.00443. The van der Waals surface area contributed by atoms with Crippen LogP contribution in [0.2, 0.25) is 0 Å². The molecule has 4 aromatic rings. The number of nitrogens with one attached hydrogen (secondary N) is 2. The second-order valence-electron chi connectivity index (χ2n) is 9.03. The summed E-state index contributed by atoms with van der Waals surface area (Å²) >= 11 is 0. The number of aromatic nitrogens is 5. The van der Waals surface area contributed by atoms with E-state index in [1.54, 1.807) is 17.8 Å². The summed E-state index contributed by atoms with van der Waals surface area (Å²) in [4.78, 5) is 22.4. The zero-order chi connectivity index (χ0) is 24.8. The van der Waals surface area contributed by atoms with Crippen LogP contribution >= 0.6 is 0 Å². The molecule has 2 aliphatic heterocycles. The Kier molecular flexibility index (Phi) is 5.78. The summed E-state index contributed by atoms with van der Waals surface area (Å²) in [5.74, 6) is 0.218. The molecule has 0 radical (unpaired) electrons. The minimum absolute atomic E-state index is 0.0512. The Balaban J connectivity index is 1.46. The molecule has 4 aromatic heterocycles. The van der Waals surface area contributed by atoms with Crippen LogP contribution in [0, 0.1) is 0 Å². The summed E-state index contributed by atoms with van der Waals surface area (Å²) in [6, 6.07) is 4.69. The second-order valence-corrected chi connectivity index (χ2v) is 9.03. The Bertz CT molecular complexity index is 1440. The van der Waals surface area contributed by atoms with Crippen molar-refractivity contribution in [1.29, 1.82) is 0 Å². The van der Waals surface area contributed by atoms with E-state index >= 15 is 0 Å². The van der Waals surface area contributed by atoms with Crippen molar-refractivity contribution in [3.8, 4) is 11.3 Å². The van der Waals surface area contributed by atoms with Crippen molar-refractivity contribution in [2.75, 3.05) is 38.8 Å². The maximum Gasteiger partial charge on any atom is 0.257 e. The predicted molar refractivity (Wildman–Crippen MR) is 129 cm³/mol. The Morgan fingerprint density at radius 1 is 1.25 bits per heavy atom. The van der Waals surface area contributed by atoms with Crippen molar-refractivity contribution < 1.29 is 23.8 Å². The minimum Gasteiger partial charge on any atom is -0.388 e. The molecule has 3 N–H and O–H groups in total. The third-order valence-electron chi connectivity index (χ3n) is 6.81. The number of hydrogen-bond donors (Lipinski definition) is 3. The number of fused-ring (bicyclic) bond motifs is 2. The molecule has 0 saturated carbocycles. The summed E-state index contributed by atoms with van der Waals surface area (Å²) in [5.41, 5.74) is 2.63. The molecule has 6 rings (SSSR count). The molecule has 6 heterocycles. The van der Waals surface area contributed by atoms with E-state index in [1.165, 1.54) is 6.20 Å². The fourth-order valence-electron chi connectivity index (χ4n) is 4.91. The summed E-state index contributed by atoms with van der Waals surface area (Å²) in [6.45, 7) is 0.948. The molecule has 11 nitrogen and oxygen atoms in total. The van der Waals surface area contributed by atoms with Gasteiger partial charge in [-0.25, -0.2) is 14.4 Å². The average Bonchev–Trinajstić information content (AvgIpc) is 3.61. The molecular weight excluding hydrogens is 469 g/mol. The third-order valence-corrected chi connectivity index (χ3v) is 6.81. The van der Waals surface area contributed by atoms with Crippen molar-refractivity contribution in [1.82, 2.24) is 29.5 Å². The third kappa shape index (κ3) is 3.77. The first kappa shape index (κ1) is 22.8. The molecule has 0 aromatic carbocycles. The van der Waals surface area contributed by atoms with Crippen molar-refractivity contribution >= 4 is 28.4 Å². The van der Waals surface area contributed by atoms with E-state index < -0.39 is 30.3 Å². The normalized spacial score (nSPS) is 24.4. The largest absolute Gasteiger partial charge is 0.388 e. The van der Waals surface area contributed by atoms with Crippen molar-refractivity contribution in [2.45, 2.75) is 30.8 Å². The number of aliphatic hydroxyl groups is 1. The fourth-order valence-corrected chi connectivity index (χ4v) is 4.91. The standard InChI is InChI=1S/C24H26FN7O4/c1-26-21-7-17(29-23-14(8-28-32(21)23)24(34)30-18-11-36-12-20(18)33)15-9-31(19-4-6-35-10-16(19)25)22-13(15)3-2-5-27-22/h2-3,5,7-9,16,18-20,26,33H,4,6,10-12H2,1H3,(H,30,34)/t16-,18?,19+,20+/m0/s1. The molecule has 12 heteroatoms. The van der Waals surface area contributed by atoms with Gasteiger partial charge in [-0.2, -0.15) is 9.61 Å². The molecule has 1 unspecified atom stereocenters. The number of amides is 1. The van der Waals surface area contributed by atoms with Gasteiger partial charge in [0.2, 0.25) is 0 Å². The molecule has 2 aliphatic rings. The minimum atomic E-state index is -1.15. The van der Waals surface area contributed by atoms with Crippen LogP contribution in [0.1, 0.15) is 22.8 Å². The van der Waals surface area contributed by atoms with Crippen LogP contribution in [0.25, 0.3) is 27.9 Å². The van der Waals surface area contributed by atoms with Crippen molar-refractivity contribution in [3.63, 3.8) is 0 Å². The van der Waals surface area contributed by atoms with Gasteiger partial charge < -0.3 is 29.8 Å². The Morgan fingerprint density at radius 2 is 2.14 bits per heavy atom. The molecule has 1 amide bonds. The summed E-state index contributed by atoms with van der Waals surface area (Å²) in [6.07, 6.45) is 3.64. The van der Waals surface area contributed by atoms with Crippen LogP contribution in [-0.4, -0.2) is 87.0 Å². The van der Waals surface area contributed by atoms with Gasteiger partial charge in [0.1, 0.15) is 23.2 Å². The topological polar surface area (TPSA) is 128 Å². The van der Waals surface area contributed by atoms with Crippen LogP contribution < -0.4 is 10.6 Å². The highest BCUT2D eigenvalue weighted by Gasteiger charge is 2.31. The zero-order valence-electron chi connectivity index (χ0n) is 19.6. The van der Waals surface area contributed by atoms with Gasteiger partial charge in [-0.15, -0.1) is 0 Å². The molecule has 36 heavy (non-hydrogen) atoms. The van der Waals surface area contributed by atoms with E-state index in [-0.39, 0.29) is 25.4 Å². The molecular formula is C24H26FN7O4. The van der Waals surface area contributed by atoms with Gasteiger partial charge in [-0.3, -0.25) is 4.79 Å². The number of rotatable bonds is 5. The first-order valence-corrected chi connectivity index (χ1v) is 11.9. The SMILES string of the molecule is CNc1cc(-c2cn([C@@H]3CCOC[C@@H]3F)c3ncccc23)nc2c(C(=O)NC3COC[C@H]3O)cnn12. The van der Waals surface area contributed by atoms with E-state index in [2.05, 4.69) is 20.7 Å². The van der Waals surface area contributed by atoms with Gasteiger partial charge >= 0.3 is 0 Å². The van der Waals surface area contributed by atoms with Crippen LogP contribution in [0.4, 0.5) is 10.2 Å². The van der Waals surface area contributed by atoms with Crippen LogP contribution in [-0.2, 0) is 9.47 Å². The zero-order valence-corrected chi connectivity index (χ0v) is 19.6. The molecule has 0 bridgehead atoms. The lowest BCUT2D eigenvalue weighted by Gasteiger charge is -2.27. The molecule has 4 atom stereocenters. The lowest BCUT2D eigenvalue weighted by atomic mass is 10.1. The van der Waals surface area contributed by atoms with Gasteiger partial charge in [0.25, 0.3) is 5.91 Å². The number of ether oxygens (including phenoxy) is 2. The number of hydrogen-bond acceptors (Lipinski definition) is 8. The number of halogens is 1. The number of nitrogens with zero attached hydrogens (tertiary/aromatic N) is 5. The average molecular weight is 496 g/mol. The summed E-state index contributed by atoms with van der Waals surface area (Å²) in [7, 11) is 1.76. The monoisotopic (exact) mass is 495 g/mol. The smallest absolute Gasteiger partial charge is 0.257 e. The first-order chi connectivity index (χ1) is 17.5. The fraction of sp³-hybridized carbons (Fsp3) is 0.417. The lowest BCUT2D eigenvalue weighted by Crippen LogP contribution is -2.42. The van der Waals surface area contributed by atoms with E-state index in [0.717, 1.165) is 10.9 Å². The number of alkyl halides is 1. The van der Waals surface area contributed by atoms with Gasteiger partial charge in [-0.1, -0.05) is 0 Å². The predicted octanol–water partition coefficient (Wildman–Crippen LogP) is 1.58. The van der Waals surface area contributed by atoms with Crippen LogP contribution in [0.5, 0.6) is 0 Å². The highest BCUT2D eigenvalue weighted by Crippen LogP contribution is 2.35. The Hall–Kier alpha value is -3.61. The first-order valence-electron chi connectivity index (χ1n) is 11.9. The highest BCUT2D eigenvalue weighted by molar-refractivity contribution is 6.01. The quantitative estimate of drug-likeness (QED) is 0.381. The van der Waals surface area contributed by atoms with Crippen LogP contribution in [0.15, 0.2) is 36.8 Å². The summed E-state index contributed by atoms with van der Waals surface area (Å²) in [5, 5.41) is 21.1. The van der Waals surface area contributed by atoms with Gasteiger partial charge in [0.05, 0.1) is 49.9 Å². The number of aliphatic hydroxyl groups excluding tert-OH is 1. The van der Waals surface area contributed by atoms with Gasteiger partial charge in [-0.05, 0) is 18.6 Å². The van der Waals surface area contributed by atoms with Crippen molar-refractivity contribution in [3.05, 3.63) is 42.4 Å². The Morgan fingerprint density at radius 3 is 2.92 bits per heavy atom. The van der Waals surface area contributed by atoms with E-state index in [0.29, 0.717) is 35.8 Å². The maximum absolute atomic E-state index is 14.8. The van der Waals surface area contributed by atoms with Crippen LogP contribution in [0.3, 0.4) is 0 Å². The molecule has 188 valence electrons. The molecule has 0 aliphatic carbocycles. The van der Waals surface area contributed by atoms with Gasteiger partial charge in [0.15, 0.2) is 5.65 Å². The molecule has 2 saturated heterocycles. The van der Waals surface area contributed by atoms with E-state index in [1.807, 2.05) is 29.0 Å². The molecule has 2 fully saturated rings. The Labute approximate surface area is 205 Å². The maximum atomic E-state index is 14.8. The number of pyridine rings is 1. The van der Waals surface area contributed by atoms with E-state index in [4.69, 9.17) is 14.5 Å².